The predicted octanol–water partition coefficient (Wildman–Crippen LogP) is 2.77. The van der Waals surface area contributed by atoms with E-state index in [1.54, 1.807) is 4.68 Å². The fourth-order valence-corrected chi connectivity index (χ4v) is 3.56. The van der Waals surface area contributed by atoms with Crippen molar-refractivity contribution in [3.05, 3.63) is 27.7 Å². The summed E-state index contributed by atoms with van der Waals surface area (Å²) in [5.41, 5.74) is 3.94. The van der Waals surface area contributed by atoms with Crippen molar-refractivity contribution in [1.29, 1.82) is 0 Å². The number of aromatic nitrogens is 4. The summed E-state index contributed by atoms with van der Waals surface area (Å²) in [6, 6.07) is 0. The highest BCUT2D eigenvalue weighted by Crippen LogP contribution is 2.42. The summed E-state index contributed by atoms with van der Waals surface area (Å²) in [7, 11) is 1.82. The van der Waals surface area contributed by atoms with Gasteiger partial charge in [0, 0.05) is 42.8 Å². The van der Waals surface area contributed by atoms with Gasteiger partial charge in [0.1, 0.15) is 5.15 Å². The van der Waals surface area contributed by atoms with Crippen LogP contribution in [0.1, 0.15) is 48.2 Å². The molecule has 6 nitrogen and oxygen atoms in total. The number of halogens is 1. The van der Waals surface area contributed by atoms with Crippen molar-refractivity contribution in [2.45, 2.75) is 46.1 Å². The largest absolute Gasteiger partial charge is 0.309 e. The molecule has 0 saturated carbocycles. The molecule has 3 rings (SSSR count). The Kier molecular flexibility index (Phi) is 3.72. The van der Waals surface area contributed by atoms with Gasteiger partial charge in [0.05, 0.1) is 5.69 Å². The monoisotopic (exact) mass is 321 g/mol. The van der Waals surface area contributed by atoms with Gasteiger partial charge in [0.15, 0.2) is 5.82 Å². The Bertz CT molecular complexity index is 746. The molecule has 1 amide bonds. The van der Waals surface area contributed by atoms with Crippen LogP contribution in [0, 0.1) is 13.8 Å². The summed E-state index contributed by atoms with van der Waals surface area (Å²) >= 11 is 6.42. The van der Waals surface area contributed by atoms with E-state index < -0.39 is 0 Å². The third-order valence-electron chi connectivity index (χ3n) is 4.23. The Morgan fingerprint density at radius 1 is 1.32 bits per heavy atom. The number of aryl methyl sites for hydroxylation is 3. The summed E-state index contributed by atoms with van der Waals surface area (Å²) in [5, 5.41) is 12.4. The van der Waals surface area contributed by atoms with Gasteiger partial charge in [-0.05, 0) is 20.3 Å². The van der Waals surface area contributed by atoms with Crippen molar-refractivity contribution in [2.75, 3.05) is 5.32 Å². The first kappa shape index (κ1) is 15.1. The lowest BCUT2D eigenvalue weighted by molar-refractivity contribution is -0.116. The number of fused-ring (bicyclic) bond motifs is 1. The van der Waals surface area contributed by atoms with Crippen LogP contribution in [0.5, 0.6) is 0 Å². The molecule has 0 spiro atoms. The molecule has 3 heterocycles. The van der Waals surface area contributed by atoms with Gasteiger partial charge in [-0.3, -0.25) is 14.2 Å². The smallest absolute Gasteiger partial charge is 0.226 e. The molecule has 7 heteroatoms. The first-order valence-corrected chi connectivity index (χ1v) is 7.88. The summed E-state index contributed by atoms with van der Waals surface area (Å²) < 4.78 is 3.62. The minimum Gasteiger partial charge on any atom is -0.309 e. The van der Waals surface area contributed by atoms with Gasteiger partial charge >= 0.3 is 0 Å². The van der Waals surface area contributed by atoms with Crippen molar-refractivity contribution in [1.82, 2.24) is 19.6 Å². The lowest BCUT2D eigenvalue weighted by Gasteiger charge is -2.22. The van der Waals surface area contributed by atoms with E-state index >= 15 is 0 Å². The number of amides is 1. The molecule has 1 aliphatic rings. The molecule has 0 radical (unpaired) electrons. The second-order valence-corrected chi connectivity index (χ2v) is 6.15. The maximum absolute atomic E-state index is 12.1. The molecule has 0 saturated heterocycles. The van der Waals surface area contributed by atoms with Crippen molar-refractivity contribution in [2.24, 2.45) is 7.05 Å². The average molecular weight is 322 g/mol. The van der Waals surface area contributed by atoms with Crippen LogP contribution < -0.4 is 5.32 Å². The van der Waals surface area contributed by atoms with Crippen molar-refractivity contribution >= 4 is 23.3 Å². The van der Waals surface area contributed by atoms with Crippen molar-refractivity contribution in [3.63, 3.8) is 0 Å². The number of nitrogens with one attached hydrogen (secondary N) is 1. The van der Waals surface area contributed by atoms with E-state index in [0.717, 1.165) is 35.5 Å². The summed E-state index contributed by atoms with van der Waals surface area (Å²) in [5.74, 6) is 0.542. The van der Waals surface area contributed by atoms with Crippen LogP contribution in [0.25, 0.3) is 0 Å². The second kappa shape index (κ2) is 5.43. The highest BCUT2D eigenvalue weighted by molar-refractivity contribution is 6.30. The van der Waals surface area contributed by atoms with E-state index in [1.165, 1.54) is 0 Å². The zero-order valence-electron chi connectivity index (χ0n) is 13.3. The summed E-state index contributed by atoms with van der Waals surface area (Å²) in [4.78, 5) is 12.1. The molecule has 118 valence electrons. The Labute approximate surface area is 134 Å². The van der Waals surface area contributed by atoms with Crippen LogP contribution in [0.15, 0.2) is 0 Å². The summed E-state index contributed by atoms with van der Waals surface area (Å²) in [6.45, 7) is 6.92. The van der Waals surface area contributed by atoms with Crippen LogP contribution in [0.4, 0.5) is 5.82 Å². The standard InChI is InChI=1S/C15H20ClN5O/c1-5-6-21-9(3)13-10(7-11(22)17-15(13)19-21)12-8(2)18-20(4)14(12)16/h10H,5-7H2,1-4H3,(H,17,19,22)/t10-/m1/s1. The van der Waals surface area contributed by atoms with Gasteiger partial charge in [0.25, 0.3) is 0 Å². The van der Waals surface area contributed by atoms with Gasteiger partial charge in [0.2, 0.25) is 5.91 Å². The zero-order valence-corrected chi connectivity index (χ0v) is 14.0. The third-order valence-corrected chi connectivity index (χ3v) is 4.68. The third kappa shape index (κ3) is 2.22. The number of hydrogen-bond donors (Lipinski definition) is 1. The molecule has 0 aromatic carbocycles. The van der Waals surface area contributed by atoms with E-state index in [1.807, 2.05) is 25.6 Å². The number of rotatable bonds is 3. The van der Waals surface area contributed by atoms with E-state index in [0.29, 0.717) is 17.4 Å². The van der Waals surface area contributed by atoms with Gasteiger partial charge in [-0.25, -0.2) is 0 Å². The van der Waals surface area contributed by atoms with Gasteiger partial charge < -0.3 is 5.32 Å². The quantitative estimate of drug-likeness (QED) is 0.945. The predicted molar refractivity (Wildman–Crippen MR) is 85.3 cm³/mol. The number of hydrogen-bond acceptors (Lipinski definition) is 3. The van der Waals surface area contributed by atoms with Gasteiger partial charge in [-0.1, -0.05) is 18.5 Å². The molecule has 2 aromatic rings. The molecule has 0 unspecified atom stereocenters. The van der Waals surface area contributed by atoms with E-state index in [-0.39, 0.29) is 11.8 Å². The number of carbonyl (C=O) groups excluding carboxylic acids is 1. The minimum absolute atomic E-state index is 0.0297. The fourth-order valence-electron chi connectivity index (χ4n) is 3.26. The van der Waals surface area contributed by atoms with Crippen molar-refractivity contribution in [3.8, 4) is 0 Å². The zero-order chi connectivity index (χ0) is 16.0. The Morgan fingerprint density at radius 3 is 2.64 bits per heavy atom. The van der Waals surface area contributed by atoms with Gasteiger partial charge in [-0.15, -0.1) is 0 Å². The highest BCUT2D eigenvalue weighted by Gasteiger charge is 2.35. The van der Waals surface area contributed by atoms with Crippen LogP contribution >= 0.6 is 11.6 Å². The fraction of sp³-hybridized carbons (Fsp3) is 0.533. The molecule has 0 bridgehead atoms. The van der Waals surface area contributed by atoms with Crippen LogP contribution in [-0.4, -0.2) is 25.5 Å². The number of carbonyl (C=O) groups is 1. The summed E-state index contributed by atoms with van der Waals surface area (Å²) in [6.07, 6.45) is 1.37. The molecule has 1 N–H and O–H groups in total. The maximum atomic E-state index is 12.1. The molecular formula is C15H20ClN5O. The second-order valence-electron chi connectivity index (χ2n) is 5.79. The Morgan fingerprint density at radius 2 is 2.05 bits per heavy atom. The van der Waals surface area contributed by atoms with Crippen LogP contribution in [-0.2, 0) is 18.4 Å². The van der Waals surface area contributed by atoms with E-state index in [4.69, 9.17) is 11.6 Å². The molecule has 1 aliphatic heterocycles. The minimum atomic E-state index is -0.0874. The first-order valence-electron chi connectivity index (χ1n) is 7.50. The topological polar surface area (TPSA) is 64.7 Å². The molecule has 0 aliphatic carbocycles. The number of nitrogens with zero attached hydrogens (tertiary/aromatic N) is 4. The molecule has 0 fully saturated rings. The van der Waals surface area contributed by atoms with Crippen LogP contribution in [0.3, 0.4) is 0 Å². The normalized spacial score (nSPS) is 17.5. The SMILES string of the molecule is CCCn1nc2c(c1C)[C@@H](c1c(C)nn(C)c1Cl)CC(=O)N2. The number of anilines is 1. The molecular weight excluding hydrogens is 302 g/mol. The van der Waals surface area contributed by atoms with E-state index in [2.05, 4.69) is 22.4 Å². The Hall–Kier alpha value is -1.82. The molecule has 1 atom stereocenters. The average Bonchev–Trinajstić information content (AvgIpc) is 2.88. The molecule has 22 heavy (non-hydrogen) atoms. The lowest BCUT2D eigenvalue weighted by atomic mass is 9.86. The lowest BCUT2D eigenvalue weighted by Crippen LogP contribution is -2.23. The molecule has 2 aromatic heterocycles. The van der Waals surface area contributed by atoms with Crippen LogP contribution in [0.2, 0.25) is 5.15 Å². The maximum Gasteiger partial charge on any atom is 0.226 e. The van der Waals surface area contributed by atoms with Gasteiger partial charge in [-0.2, -0.15) is 10.2 Å². The van der Waals surface area contributed by atoms with Crippen molar-refractivity contribution < 1.29 is 4.79 Å². The van der Waals surface area contributed by atoms with E-state index in [9.17, 15) is 4.79 Å². The highest BCUT2D eigenvalue weighted by atomic mass is 35.5. The Balaban J connectivity index is 2.17. The first-order chi connectivity index (χ1) is 10.4.